The Balaban J connectivity index is 0.000000340. The lowest BCUT2D eigenvalue weighted by molar-refractivity contribution is -0.119. The van der Waals surface area contributed by atoms with Gasteiger partial charge in [-0.25, -0.2) is 0 Å². The number of hydrogen-bond donors (Lipinski definition) is 1. The minimum absolute atomic E-state index is 0.194. The van der Waals surface area contributed by atoms with Crippen LogP contribution in [0.3, 0.4) is 0 Å². The van der Waals surface area contributed by atoms with E-state index in [1.165, 1.54) is 121 Å². The third-order valence-electron chi connectivity index (χ3n) is 13.5. The molecule has 0 saturated heterocycles. The Morgan fingerprint density at radius 2 is 1.43 bits per heavy atom. The van der Waals surface area contributed by atoms with Gasteiger partial charge < -0.3 is 0 Å². The molecule has 0 bridgehead atoms. The third kappa shape index (κ3) is 7.93. The lowest BCUT2D eigenvalue weighted by Gasteiger charge is -2.60. The summed E-state index contributed by atoms with van der Waals surface area (Å²) in [5.41, 5.74) is 9.24. The first kappa shape index (κ1) is 37.1. The summed E-state index contributed by atoms with van der Waals surface area (Å²) in [6.07, 6.45) is 17.7. The molecule has 4 fully saturated rings. The van der Waals surface area contributed by atoms with Crippen LogP contribution in [0.5, 0.6) is 0 Å². The normalized spacial score (nSPS) is 31.2. The molecule has 46 heavy (non-hydrogen) atoms. The van der Waals surface area contributed by atoms with E-state index in [9.17, 15) is 4.79 Å². The molecule has 2 nitrogen and oxygen atoms in total. The lowest BCUT2D eigenvalue weighted by atomic mass is 9.45. The van der Waals surface area contributed by atoms with Crippen LogP contribution in [-0.4, -0.2) is 5.91 Å². The van der Waals surface area contributed by atoms with E-state index in [0.29, 0.717) is 17.3 Å². The second-order valence-corrected chi connectivity index (χ2v) is 16.8. The van der Waals surface area contributed by atoms with Gasteiger partial charge in [0, 0.05) is 11.3 Å². The highest BCUT2D eigenvalue weighted by Gasteiger charge is 2.59. The van der Waals surface area contributed by atoms with E-state index >= 15 is 0 Å². The number of benzene rings is 2. The van der Waals surface area contributed by atoms with E-state index < -0.39 is 0 Å². The number of hydrogen-bond acceptors (Lipinski definition) is 2. The number of rotatable bonds is 6. The van der Waals surface area contributed by atoms with E-state index in [4.69, 9.17) is 0 Å². The van der Waals surface area contributed by atoms with Gasteiger partial charge in [-0.1, -0.05) is 76.4 Å². The van der Waals surface area contributed by atoms with Gasteiger partial charge in [-0.2, -0.15) is 0 Å². The number of nitrogens with one attached hydrogen (secondary N) is 1. The molecule has 256 valence electrons. The molecule has 7 unspecified atom stereocenters. The number of carbonyl (C=O) groups is 1. The van der Waals surface area contributed by atoms with Crippen LogP contribution in [-0.2, 0) is 4.79 Å². The quantitative estimate of drug-likeness (QED) is 0.317. The smallest absolute Gasteiger partial charge is 0.230 e. The standard InChI is InChI=1S/C31H47NOS.C10H14.C2H6/c1-21-9-7-10-22(2)29(21)34-32-28(33)13-8-12-24-15-17-26-25-16-14-23-11-5-6-19-30(23,3)27(25)18-20-31(24,26)4;1-7-5-8(2)10(4)9(3)6-7;1-2/h7,9-10,23-27H,5-6,8,11-20H2,1-4H3,(H,32,33);5-6H,1-4H3;1-2H3. The average Bonchev–Trinajstić information content (AvgIpc) is 3.36. The molecule has 3 heteroatoms. The molecule has 6 rings (SSSR count). The minimum Gasteiger partial charge on any atom is -0.296 e. The van der Waals surface area contributed by atoms with E-state index in [-0.39, 0.29) is 5.91 Å². The fraction of sp³-hybridized carbons (Fsp3) is 0.698. The number of fused-ring (bicyclic) bond motifs is 5. The van der Waals surface area contributed by atoms with E-state index in [1.54, 1.807) is 0 Å². The largest absolute Gasteiger partial charge is 0.296 e. The van der Waals surface area contributed by atoms with Crippen LogP contribution in [0, 0.1) is 82.0 Å². The molecule has 2 aromatic rings. The van der Waals surface area contributed by atoms with Crippen molar-refractivity contribution in [3.63, 3.8) is 0 Å². The Labute approximate surface area is 288 Å². The molecule has 2 aromatic carbocycles. The first-order chi connectivity index (χ1) is 21.9. The van der Waals surface area contributed by atoms with Crippen LogP contribution in [0.25, 0.3) is 0 Å². The number of carbonyl (C=O) groups excluding carboxylic acids is 1. The Bertz CT molecular complexity index is 1270. The zero-order valence-electron chi connectivity index (χ0n) is 31.3. The highest BCUT2D eigenvalue weighted by molar-refractivity contribution is 7.98. The van der Waals surface area contributed by atoms with Gasteiger partial charge in [0.1, 0.15) is 0 Å². The fourth-order valence-electron chi connectivity index (χ4n) is 10.8. The molecular weight excluding hydrogens is 579 g/mol. The second-order valence-electron chi connectivity index (χ2n) is 16.0. The zero-order valence-corrected chi connectivity index (χ0v) is 32.1. The van der Waals surface area contributed by atoms with Crippen molar-refractivity contribution in [2.24, 2.45) is 40.4 Å². The summed E-state index contributed by atoms with van der Waals surface area (Å²) in [6, 6.07) is 10.8. The summed E-state index contributed by atoms with van der Waals surface area (Å²) in [5.74, 6) is 4.97. The van der Waals surface area contributed by atoms with Gasteiger partial charge in [-0.05, 0) is 186 Å². The van der Waals surface area contributed by atoms with Gasteiger partial charge in [-0.3, -0.25) is 9.52 Å². The molecule has 0 spiro atoms. The van der Waals surface area contributed by atoms with Crippen LogP contribution < -0.4 is 4.72 Å². The SMILES string of the molecule is CC.Cc1cc(C)c(C)c(C)c1.Cc1cccc(C)c1SNC(=O)CCCC1CCC2C3CCC4CCCCC4(C)C3CCC12C. The van der Waals surface area contributed by atoms with Crippen molar-refractivity contribution >= 4 is 17.9 Å². The highest BCUT2D eigenvalue weighted by Crippen LogP contribution is 2.67. The summed E-state index contributed by atoms with van der Waals surface area (Å²) in [4.78, 5) is 13.8. The van der Waals surface area contributed by atoms with Crippen molar-refractivity contribution in [2.75, 3.05) is 0 Å². The van der Waals surface area contributed by atoms with Crippen LogP contribution >= 0.6 is 11.9 Å². The van der Waals surface area contributed by atoms with Crippen molar-refractivity contribution in [2.45, 2.75) is 158 Å². The monoisotopic (exact) mass is 645 g/mol. The van der Waals surface area contributed by atoms with E-state index in [1.807, 2.05) is 13.8 Å². The summed E-state index contributed by atoms with van der Waals surface area (Å²) in [5, 5.41) is 0. The maximum absolute atomic E-state index is 12.6. The van der Waals surface area contributed by atoms with E-state index in [2.05, 4.69) is 90.4 Å². The predicted octanol–water partition coefficient (Wildman–Crippen LogP) is 12.6. The Morgan fingerprint density at radius 3 is 2.11 bits per heavy atom. The van der Waals surface area contributed by atoms with Gasteiger partial charge in [0.15, 0.2) is 0 Å². The molecule has 0 heterocycles. The van der Waals surface area contributed by atoms with Crippen LogP contribution in [0.15, 0.2) is 35.2 Å². The lowest BCUT2D eigenvalue weighted by Crippen LogP contribution is -2.52. The molecule has 1 N–H and O–H groups in total. The molecule has 0 aliphatic heterocycles. The maximum atomic E-state index is 12.6. The topological polar surface area (TPSA) is 29.1 Å². The maximum Gasteiger partial charge on any atom is 0.230 e. The second kappa shape index (κ2) is 16.1. The van der Waals surface area contributed by atoms with Gasteiger partial charge in [0.2, 0.25) is 5.91 Å². The minimum atomic E-state index is 0.194. The summed E-state index contributed by atoms with van der Waals surface area (Å²) in [7, 11) is 0. The fourth-order valence-corrected chi connectivity index (χ4v) is 11.5. The molecule has 1 amide bonds. The van der Waals surface area contributed by atoms with E-state index in [0.717, 1.165) is 36.0 Å². The molecule has 4 aliphatic rings. The molecule has 0 radical (unpaired) electrons. The summed E-state index contributed by atoms with van der Waals surface area (Å²) < 4.78 is 3.12. The Morgan fingerprint density at radius 1 is 0.783 bits per heavy atom. The third-order valence-corrected chi connectivity index (χ3v) is 14.7. The number of aryl methyl sites for hydroxylation is 5. The summed E-state index contributed by atoms with van der Waals surface area (Å²) >= 11 is 1.50. The van der Waals surface area contributed by atoms with Crippen molar-refractivity contribution in [3.8, 4) is 0 Å². The van der Waals surface area contributed by atoms with Gasteiger partial charge >= 0.3 is 0 Å². The van der Waals surface area contributed by atoms with Gasteiger partial charge in [-0.15, -0.1) is 0 Å². The van der Waals surface area contributed by atoms with Crippen molar-refractivity contribution in [1.82, 2.24) is 4.72 Å². The first-order valence-electron chi connectivity index (χ1n) is 19.0. The Hall–Kier alpha value is -1.74. The first-order valence-corrected chi connectivity index (χ1v) is 19.8. The molecule has 4 aliphatic carbocycles. The molecule has 4 saturated carbocycles. The Kier molecular flexibility index (Phi) is 13.0. The van der Waals surface area contributed by atoms with Crippen LogP contribution in [0.2, 0.25) is 0 Å². The molecule has 7 atom stereocenters. The molecular formula is C43H67NOS. The zero-order chi connectivity index (χ0) is 33.6. The predicted molar refractivity (Wildman–Crippen MR) is 200 cm³/mol. The summed E-state index contributed by atoms with van der Waals surface area (Å²) in [6.45, 7) is 22.2. The van der Waals surface area contributed by atoms with Crippen LogP contribution in [0.1, 0.15) is 145 Å². The van der Waals surface area contributed by atoms with Crippen molar-refractivity contribution in [3.05, 3.63) is 63.7 Å². The van der Waals surface area contributed by atoms with Crippen LogP contribution in [0.4, 0.5) is 0 Å². The highest BCUT2D eigenvalue weighted by atomic mass is 32.2. The van der Waals surface area contributed by atoms with Crippen molar-refractivity contribution < 1.29 is 4.79 Å². The van der Waals surface area contributed by atoms with Gasteiger partial charge in [0.05, 0.1) is 0 Å². The number of amides is 1. The molecule has 0 aromatic heterocycles. The van der Waals surface area contributed by atoms with Crippen molar-refractivity contribution in [1.29, 1.82) is 0 Å². The average molecular weight is 646 g/mol. The van der Waals surface area contributed by atoms with Gasteiger partial charge in [0.25, 0.3) is 0 Å².